The number of ether oxygens (including phenoxy) is 2. The third-order valence-electron chi connectivity index (χ3n) is 13.4. The van der Waals surface area contributed by atoms with Crippen LogP contribution in [0.25, 0.3) is 10.9 Å². The lowest BCUT2D eigenvalue weighted by Crippen LogP contribution is -2.58. The molecule has 13 nitrogen and oxygen atoms in total. The van der Waals surface area contributed by atoms with Gasteiger partial charge in [-0.1, -0.05) is 37.1 Å². The molecule has 1 saturated heterocycles. The molecular weight excluding hydrogens is 742 g/mol. The molecule has 3 aliphatic heterocycles. The van der Waals surface area contributed by atoms with E-state index in [0.717, 1.165) is 44.1 Å². The molecule has 1 spiro atoms. The van der Waals surface area contributed by atoms with Crippen molar-refractivity contribution in [2.75, 3.05) is 6.54 Å². The number of sulfonamides is 1. The summed E-state index contributed by atoms with van der Waals surface area (Å²) in [7, 11) is -4.00. The standard InChI is InChI=1S/C41H50FN5O8S/c1-38(17-18-38)55-37(51)43-29-12-7-5-3-4-6-9-25-21-41(25,36(50)46-56(52,53)39(2)19-20-39)45-34(48)30-22-40(23-47(30)35(29)49)16-15-27-26-10-8-11-28(42)32(26)44-31(24-13-14-24)33(27)54-40/h6,8-11,24-25,29-30H,3-5,7,12-23H2,1-2H3,(H,43,51)(H,45,48)(H,46,50)/b9-6-/t25-,29+,30+,40-,41-/m1/s1. The van der Waals surface area contributed by atoms with Crippen molar-refractivity contribution < 1.29 is 41.5 Å². The number of nitrogens with one attached hydrogen (secondary N) is 3. The van der Waals surface area contributed by atoms with Crippen LogP contribution in [0.5, 0.6) is 5.75 Å². The highest BCUT2D eigenvalue weighted by atomic mass is 32.2. The molecule has 2 aromatic rings. The van der Waals surface area contributed by atoms with Gasteiger partial charge in [-0.2, -0.15) is 0 Å². The number of fused-ring (bicyclic) bond motifs is 5. The Hall–Kier alpha value is -4.27. The van der Waals surface area contributed by atoms with Crippen LogP contribution in [-0.4, -0.2) is 82.2 Å². The molecule has 4 aliphatic carbocycles. The molecule has 1 aromatic carbocycles. The molecule has 7 aliphatic rings. The molecule has 1 aromatic heterocycles. The number of hydrogen-bond donors (Lipinski definition) is 3. The Kier molecular flexibility index (Phi) is 8.75. The highest BCUT2D eigenvalue weighted by Gasteiger charge is 2.64. The van der Waals surface area contributed by atoms with Crippen LogP contribution >= 0.6 is 0 Å². The van der Waals surface area contributed by atoms with Gasteiger partial charge in [0.15, 0.2) is 0 Å². The number of para-hydroxylation sites is 1. The van der Waals surface area contributed by atoms with Crippen molar-refractivity contribution in [2.24, 2.45) is 5.92 Å². The smallest absolute Gasteiger partial charge is 0.408 e. The van der Waals surface area contributed by atoms with E-state index in [1.807, 2.05) is 25.1 Å². The Balaban J connectivity index is 1.06. The average Bonchev–Trinajstić information content (AvgIpc) is 3.97. The summed E-state index contributed by atoms with van der Waals surface area (Å²) < 4.78 is 55.4. The molecule has 56 heavy (non-hydrogen) atoms. The number of aryl methyl sites for hydroxylation is 1. The van der Waals surface area contributed by atoms with E-state index >= 15 is 4.39 Å². The Morgan fingerprint density at radius 2 is 1.82 bits per heavy atom. The number of aromatic nitrogens is 1. The van der Waals surface area contributed by atoms with Gasteiger partial charge in [0.05, 0.1) is 17.0 Å². The van der Waals surface area contributed by atoms with Gasteiger partial charge in [0.25, 0.3) is 5.91 Å². The zero-order valence-corrected chi connectivity index (χ0v) is 32.8. The largest absolute Gasteiger partial charge is 0.483 e. The van der Waals surface area contributed by atoms with E-state index < -0.39 is 79.1 Å². The summed E-state index contributed by atoms with van der Waals surface area (Å²) in [6.45, 7) is 3.46. The van der Waals surface area contributed by atoms with Crippen LogP contribution < -0.4 is 20.1 Å². The number of benzene rings is 1. The molecule has 3 N–H and O–H groups in total. The molecule has 5 atom stereocenters. The van der Waals surface area contributed by atoms with Crippen molar-refractivity contribution in [3.05, 3.63) is 47.4 Å². The zero-order valence-electron chi connectivity index (χ0n) is 32.0. The van der Waals surface area contributed by atoms with E-state index in [9.17, 15) is 27.6 Å². The van der Waals surface area contributed by atoms with Gasteiger partial charge in [-0.3, -0.25) is 19.1 Å². The Morgan fingerprint density at radius 1 is 1.04 bits per heavy atom. The van der Waals surface area contributed by atoms with Crippen LogP contribution in [0.1, 0.15) is 121 Å². The van der Waals surface area contributed by atoms with Gasteiger partial charge in [-0.15, -0.1) is 0 Å². The first-order valence-electron chi connectivity index (χ1n) is 20.3. The number of alkyl carbamates (subject to hydrolysis) is 1. The lowest BCUT2D eigenvalue weighted by Gasteiger charge is -2.37. The highest BCUT2D eigenvalue weighted by Crippen LogP contribution is 2.52. The number of carbonyl (C=O) groups excluding carboxylic acids is 4. The SMILES string of the molecule is CC1(OC(=O)N[C@H]2CCCCC/C=C\[C@@H]3C[C@@]3(C(=O)NS(=O)(=O)C3(C)CC3)NC(=O)[C@@H]3C[C@]4(CCc5c(c(C6CC6)nc6c(F)cccc56)O4)CN3C2=O)CC1. The number of nitrogens with zero attached hydrogens (tertiary/aromatic N) is 2. The number of pyridine rings is 1. The van der Waals surface area contributed by atoms with Gasteiger partial charge in [0.2, 0.25) is 21.8 Å². The molecule has 4 saturated carbocycles. The zero-order chi connectivity index (χ0) is 39.3. The maximum absolute atomic E-state index is 15.1. The monoisotopic (exact) mass is 791 g/mol. The lowest BCUT2D eigenvalue weighted by molar-refractivity contribution is -0.141. The Bertz CT molecular complexity index is 2170. The summed E-state index contributed by atoms with van der Waals surface area (Å²) >= 11 is 0. The molecule has 5 fully saturated rings. The second-order valence-corrected chi connectivity index (χ2v) is 20.1. The highest BCUT2D eigenvalue weighted by molar-refractivity contribution is 7.91. The van der Waals surface area contributed by atoms with Crippen LogP contribution in [0.2, 0.25) is 0 Å². The number of amides is 4. The van der Waals surface area contributed by atoms with Crippen molar-refractivity contribution in [1.29, 1.82) is 0 Å². The van der Waals surface area contributed by atoms with Gasteiger partial charge in [0, 0.05) is 29.2 Å². The van der Waals surface area contributed by atoms with Crippen LogP contribution in [0, 0.1) is 11.7 Å². The summed E-state index contributed by atoms with van der Waals surface area (Å²) in [5, 5.41) is 6.44. The van der Waals surface area contributed by atoms with Crippen LogP contribution in [0.3, 0.4) is 0 Å². The maximum atomic E-state index is 15.1. The first-order chi connectivity index (χ1) is 26.6. The van der Waals surface area contributed by atoms with Crippen LogP contribution in [0.15, 0.2) is 30.4 Å². The first kappa shape index (κ1) is 37.3. The molecule has 15 heteroatoms. The predicted octanol–water partition coefficient (Wildman–Crippen LogP) is 4.96. The normalized spacial score (nSPS) is 32.3. The Labute approximate surface area is 325 Å². The van der Waals surface area contributed by atoms with Crippen LogP contribution in [0.4, 0.5) is 9.18 Å². The minimum Gasteiger partial charge on any atom is -0.483 e. The van der Waals surface area contributed by atoms with Gasteiger partial charge in [-0.05, 0) is 97.0 Å². The average molecular weight is 792 g/mol. The molecular formula is C41H50FN5O8S. The van der Waals surface area contributed by atoms with Gasteiger partial charge in [-0.25, -0.2) is 22.6 Å². The van der Waals surface area contributed by atoms with Crippen molar-refractivity contribution in [1.82, 2.24) is 25.2 Å². The fraction of sp³-hybridized carbons (Fsp3) is 0.634. The molecule has 4 heterocycles. The third-order valence-corrected chi connectivity index (χ3v) is 15.5. The molecule has 4 amide bonds. The minimum atomic E-state index is -4.00. The topological polar surface area (TPSA) is 173 Å². The van der Waals surface area contributed by atoms with E-state index in [4.69, 9.17) is 14.5 Å². The maximum Gasteiger partial charge on any atom is 0.408 e. The van der Waals surface area contributed by atoms with Crippen molar-refractivity contribution >= 4 is 44.7 Å². The quantitative estimate of drug-likeness (QED) is 0.342. The summed E-state index contributed by atoms with van der Waals surface area (Å²) in [6.07, 6.45) is 11.7. The lowest BCUT2D eigenvalue weighted by atomic mass is 9.86. The number of carbonyl (C=O) groups is 4. The Morgan fingerprint density at radius 3 is 2.55 bits per heavy atom. The molecule has 0 unspecified atom stereocenters. The summed E-state index contributed by atoms with van der Waals surface area (Å²) in [6, 6.07) is 2.79. The fourth-order valence-electron chi connectivity index (χ4n) is 8.85. The van der Waals surface area contributed by atoms with E-state index in [1.54, 1.807) is 13.0 Å². The summed E-state index contributed by atoms with van der Waals surface area (Å²) in [5.74, 6) is -2.01. The van der Waals surface area contributed by atoms with Gasteiger partial charge in [0.1, 0.15) is 45.9 Å². The number of allylic oxidation sites excluding steroid dienone is 1. The van der Waals surface area contributed by atoms with Crippen molar-refractivity contribution in [2.45, 2.75) is 150 Å². The van der Waals surface area contributed by atoms with Crippen molar-refractivity contribution in [3.63, 3.8) is 0 Å². The number of rotatable bonds is 6. The molecule has 0 radical (unpaired) electrons. The first-order valence-corrected chi connectivity index (χ1v) is 21.8. The van der Waals surface area contributed by atoms with Gasteiger partial charge >= 0.3 is 6.09 Å². The third kappa shape index (κ3) is 6.70. The van der Waals surface area contributed by atoms with E-state index in [-0.39, 0.29) is 25.3 Å². The molecule has 300 valence electrons. The minimum absolute atomic E-state index is 0.0227. The van der Waals surface area contributed by atoms with E-state index in [0.29, 0.717) is 67.3 Å². The predicted molar refractivity (Wildman–Crippen MR) is 202 cm³/mol. The molecule has 0 bridgehead atoms. The number of halogens is 1. The fourth-order valence-corrected chi connectivity index (χ4v) is 10.2. The summed E-state index contributed by atoms with van der Waals surface area (Å²) in [5.41, 5.74) is -1.28. The number of hydrogen-bond acceptors (Lipinski definition) is 9. The molecule has 9 rings (SSSR count). The van der Waals surface area contributed by atoms with Gasteiger partial charge < -0.3 is 25.0 Å². The van der Waals surface area contributed by atoms with Crippen LogP contribution in [-0.2, 0) is 35.6 Å². The van der Waals surface area contributed by atoms with Crippen molar-refractivity contribution in [3.8, 4) is 5.75 Å². The second kappa shape index (κ2) is 13.1. The van der Waals surface area contributed by atoms with E-state index in [1.165, 1.54) is 11.0 Å². The second-order valence-electron chi connectivity index (χ2n) is 17.9. The summed E-state index contributed by atoms with van der Waals surface area (Å²) in [4.78, 5) is 62.9. The van der Waals surface area contributed by atoms with E-state index in [2.05, 4.69) is 15.4 Å².